The van der Waals surface area contributed by atoms with Crippen LogP contribution < -0.4 is 10.9 Å². The summed E-state index contributed by atoms with van der Waals surface area (Å²) < 4.78 is 0. The molecule has 1 fully saturated rings. The third-order valence-electron chi connectivity index (χ3n) is 4.68. The Morgan fingerprint density at radius 3 is 2.60 bits per heavy atom. The van der Waals surface area contributed by atoms with Crippen LogP contribution in [0.15, 0.2) is 54.6 Å². The van der Waals surface area contributed by atoms with Crippen molar-refractivity contribution >= 4 is 17.5 Å². The van der Waals surface area contributed by atoms with Crippen LogP contribution in [0.25, 0.3) is 0 Å². The molecule has 1 heterocycles. The Morgan fingerprint density at radius 1 is 1.12 bits per heavy atom. The van der Waals surface area contributed by atoms with Gasteiger partial charge in [0.1, 0.15) is 0 Å². The van der Waals surface area contributed by atoms with Crippen molar-refractivity contribution in [1.29, 1.82) is 0 Å². The Bertz CT molecular complexity index is 707. The van der Waals surface area contributed by atoms with E-state index >= 15 is 0 Å². The van der Waals surface area contributed by atoms with Gasteiger partial charge in [-0.1, -0.05) is 54.1 Å². The van der Waals surface area contributed by atoms with Gasteiger partial charge < -0.3 is 4.90 Å². The average Bonchev–Trinajstić information content (AvgIpc) is 3.11. The molecule has 1 amide bonds. The minimum absolute atomic E-state index is 0.0229. The monoisotopic (exact) mass is 357 g/mol. The van der Waals surface area contributed by atoms with Gasteiger partial charge in [0.15, 0.2) is 0 Å². The molecule has 1 aliphatic rings. The van der Waals surface area contributed by atoms with Crippen LogP contribution >= 0.6 is 11.6 Å². The van der Waals surface area contributed by atoms with E-state index in [0.717, 1.165) is 25.8 Å². The molecular weight excluding hydrogens is 334 g/mol. The fraction of sp³-hybridized carbons (Fsp3) is 0.350. The molecule has 5 heteroatoms. The maximum atomic E-state index is 12.4. The van der Waals surface area contributed by atoms with E-state index in [2.05, 4.69) is 35.1 Å². The van der Waals surface area contributed by atoms with Crippen LogP contribution in [0.2, 0.25) is 5.02 Å². The molecule has 0 aliphatic carbocycles. The number of carbonyl (C=O) groups excluding carboxylic acids is 1. The van der Waals surface area contributed by atoms with Crippen LogP contribution in [-0.4, -0.2) is 30.4 Å². The van der Waals surface area contributed by atoms with Gasteiger partial charge in [-0.2, -0.15) is 0 Å². The lowest BCUT2D eigenvalue weighted by molar-refractivity contribution is 0.0792. The summed E-state index contributed by atoms with van der Waals surface area (Å²) in [5, 5.41) is 0.506. The fourth-order valence-corrected chi connectivity index (χ4v) is 3.45. The van der Waals surface area contributed by atoms with E-state index < -0.39 is 0 Å². The third kappa shape index (κ3) is 4.60. The van der Waals surface area contributed by atoms with Gasteiger partial charge in [0.25, 0.3) is 5.91 Å². The molecule has 0 radical (unpaired) electrons. The van der Waals surface area contributed by atoms with E-state index in [-0.39, 0.29) is 5.91 Å². The van der Waals surface area contributed by atoms with Crippen LogP contribution in [-0.2, 0) is 0 Å². The molecule has 2 atom stereocenters. The molecule has 2 unspecified atom stereocenters. The Hall–Kier alpha value is -1.88. The highest BCUT2D eigenvalue weighted by Crippen LogP contribution is 2.24. The summed E-state index contributed by atoms with van der Waals surface area (Å²) in [6.07, 6.45) is 3.04. The number of rotatable bonds is 6. The molecule has 0 saturated carbocycles. The van der Waals surface area contributed by atoms with Gasteiger partial charge in [-0.25, -0.2) is 0 Å². The summed E-state index contributed by atoms with van der Waals surface area (Å²) in [6, 6.07) is 18.5. The number of nitrogens with one attached hydrogen (secondary N) is 2. The Balaban J connectivity index is 1.44. The quantitative estimate of drug-likeness (QED) is 0.826. The fourth-order valence-electron chi connectivity index (χ4n) is 3.23. The van der Waals surface area contributed by atoms with Gasteiger partial charge in [0.05, 0.1) is 10.6 Å². The molecule has 4 nitrogen and oxygen atoms in total. The van der Waals surface area contributed by atoms with Gasteiger partial charge in [-0.05, 0) is 37.0 Å². The first-order valence-corrected chi connectivity index (χ1v) is 9.09. The highest BCUT2D eigenvalue weighted by Gasteiger charge is 2.24. The molecule has 132 valence electrons. The largest absolute Gasteiger partial charge is 0.342 e. The highest BCUT2D eigenvalue weighted by molar-refractivity contribution is 6.33. The lowest BCUT2D eigenvalue weighted by Gasteiger charge is -2.19. The summed E-state index contributed by atoms with van der Waals surface area (Å²) in [7, 11) is 1.83. The van der Waals surface area contributed by atoms with Crippen LogP contribution in [0.1, 0.15) is 41.2 Å². The van der Waals surface area contributed by atoms with Crippen LogP contribution in [0.5, 0.6) is 0 Å². The van der Waals surface area contributed by atoms with Crippen LogP contribution in [0.4, 0.5) is 0 Å². The third-order valence-corrected chi connectivity index (χ3v) is 5.01. The second-order valence-electron chi connectivity index (χ2n) is 6.53. The van der Waals surface area contributed by atoms with Crippen molar-refractivity contribution in [3.63, 3.8) is 0 Å². The predicted molar refractivity (Wildman–Crippen MR) is 102 cm³/mol. The minimum atomic E-state index is -0.0229. The molecule has 1 saturated heterocycles. The average molecular weight is 358 g/mol. The lowest BCUT2D eigenvalue weighted by Crippen LogP contribution is -2.32. The summed E-state index contributed by atoms with van der Waals surface area (Å²) in [5.74, 6) is -0.0229. The van der Waals surface area contributed by atoms with Gasteiger partial charge in [-0.3, -0.25) is 15.6 Å². The van der Waals surface area contributed by atoms with E-state index in [9.17, 15) is 4.79 Å². The Morgan fingerprint density at radius 2 is 1.84 bits per heavy atom. The lowest BCUT2D eigenvalue weighted by atomic mass is 10.00. The zero-order valence-electron chi connectivity index (χ0n) is 14.4. The summed E-state index contributed by atoms with van der Waals surface area (Å²) >= 11 is 6.11. The molecule has 1 aliphatic heterocycles. The minimum Gasteiger partial charge on any atom is -0.342 e. The summed E-state index contributed by atoms with van der Waals surface area (Å²) in [6.45, 7) is 0.720. The summed E-state index contributed by atoms with van der Waals surface area (Å²) in [4.78, 5) is 14.2. The van der Waals surface area contributed by atoms with Crippen molar-refractivity contribution in [2.45, 2.75) is 31.3 Å². The van der Waals surface area contributed by atoms with E-state index in [4.69, 9.17) is 11.6 Å². The predicted octanol–water partition coefficient (Wildman–Crippen LogP) is 3.80. The topological polar surface area (TPSA) is 44.4 Å². The number of hydrogen-bond acceptors (Lipinski definition) is 3. The number of halogens is 1. The molecule has 25 heavy (non-hydrogen) atoms. The van der Waals surface area contributed by atoms with Crippen molar-refractivity contribution in [2.75, 3.05) is 13.6 Å². The van der Waals surface area contributed by atoms with Gasteiger partial charge in [0, 0.05) is 25.7 Å². The number of carbonyl (C=O) groups is 1. The molecule has 0 spiro atoms. The zero-order valence-corrected chi connectivity index (χ0v) is 15.2. The second kappa shape index (κ2) is 8.48. The SMILES string of the molecule is CN(CCCC1CC(c2ccccc2)NN1)C(=O)c1ccccc1Cl. The first-order chi connectivity index (χ1) is 12.1. The van der Waals surface area contributed by atoms with Crippen molar-refractivity contribution in [1.82, 2.24) is 15.8 Å². The molecule has 2 aromatic rings. The molecule has 3 rings (SSSR count). The second-order valence-corrected chi connectivity index (χ2v) is 6.94. The van der Waals surface area contributed by atoms with Crippen molar-refractivity contribution in [3.8, 4) is 0 Å². The molecule has 2 N–H and O–H groups in total. The first-order valence-electron chi connectivity index (χ1n) is 8.71. The van der Waals surface area contributed by atoms with E-state index in [1.54, 1.807) is 17.0 Å². The zero-order chi connectivity index (χ0) is 17.6. The van der Waals surface area contributed by atoms with E-state index in [1.165, 1.54) is 5.56 Å². The smallest absolute Gasteiger partial charge is 0.255 e. The number of hydrazine groups is 1. The number of hydrogen-bond donors (Lipinski definition) is 2. The highest BCUT2D eigenvalue weighted by atomic mass is 35.5. The Labute approximate surface area is 154 Å². The Kier molecular flexibility index (Phi) is 6.08. The van der Waals surface area contributed by atoms with Crippen molar-refractivity contribution < 1.29 is 4.79 Å². The number of amides is 1. The summed E-state index contributed by atoms with van der Waals surface area (Å²) in [5.41, 5.74) is 8.62. The van der Waals surface area contributed by atoms with Gasteiger partial charge in [0.2, 0.25) is 0 Å². The maximum Gasteiger partial charge on any atom is 0.255 e. The molecular formula is C20H24ClN3O. The van der Waals surface area contributed by atoms with E-state index in [1.807, 2.05) is 25.2 Å². The maximum absolute atomic E-state index is 12.4. The van der Waals surface area contributed by atoms with E-state index in [0.29, 0.717) is 22.7 Å². The number of nitrogens with zero attached hydrogens (tertiary/aromatic N) is 1. The van der Waals surface area contributed by atoms with Crippen molar-refractivity contribution in [3.05, 3.63) is 70.7 Å². The van der Waals surface area contributed by atoms with Crippen LogP contribution in [0.3, 0.4) is 0 Å². The van der Waals surface area contributed by atoms with Gasteiger partial charge in [-0.15, -0.1) is 0 Å². The molecule has 2 aromatic carbocycles. The van der Waals surface area contributed by atoms with Crippen molar-refractivity contribution in [2.24, 2.45) is 0 Å². The first kappa shape index (κ1) is 17.9. The van der Waals surface area contributed by atoms with Gasteiger partial charge >= 0.3 is 0 Å². The molecule has 0 aromatic heterocycles. The normalized spacial score (nSPS) is 19.8. The standard InChI is InChI=1S/C20H24ClN3O/c1-24(20(25)17-11-5-6-12-18(17)21)13-7-10-16-14-19(23-22-16)15-8-3-2-4-9-15/h2-6,8-9,11-12,16,19,22-23H,7,10,13-14H2,1H3. The molecule has 0 bridgehead atoms. The van der Waals surface area contributed by atoms with Crippen LogP contribution in [0, 0.1) is 0 Å². The number of benzene rings is 2.